The van der Waals surface area contributed by atoms with Crippen LogP contribution in [0.1, 0.15) is 38.8 Å². The molecule has 1 fully saturated rings. The summed E-state index contributed by atoms with van der Waals surface area (Å²) >= 11 is 0. The third-order valence-electron chi connectivity index (χ3n) is 5.17. The lowest BCUT2D eigenvalue weighted by molar-refractivity contribution is 0.00578. The van der Waals surface area contributed by atoms with Crippen LogP contribution in [0.4, 0.5) is 10.5 Å². The molecule has 0 unspecified atom stereocenters. The molecule has 1 aliphatic heterocycles. The Kier molecular flexibility index (Phi) is 5.31. The highest BCUT2D eigenvalue weighted by Crippen LogP contribution is 2.36. The molecule has 142 valence electrons. The quantitative estimate of drug-likeness (QED) is 0.829. The third kappa shape index (κ3) is 4.52. The van der Waals surface area contributed by atoms with Gasteiger partial charge in [0.05, 0.1) is 11.2 Å². The Balaban J connectivity index is 1.55. The van der Waals surface area contributed by atoms with Crippen molar-refractivity contribution in [3.05, 3.63) is 59.7 Å². The summed E-state index contributed by atoms with van der Waals surface area (Å²) in [6.07, 6.45) is -0.487. The largest absolute Gasteiger partial charge is 0.494 e. The van der Waals surface area contributed by atoms with E-state index in [1.54, 1.807) is 0 Å². The van der Waals surface area contributed by atoms with Crippen molar-refractivity contribution in [2.24, 2.45) is 0 Å². The second-order valence-electron chi connectivity index (χ2n) is 7.90. The first-order valence-electron chi connectivity index (χ1n) is 9.11. The number of aryl methyl sites for hydroxylation is 1. The van der Waals surface area contributed by atoms with Crippen molar-refractivity contribution in [3.8, 4) is 0 Å². The van der Waals surface area contributed by atoms with Crippen LogP contribution in [0.25, 0.3) is 0 Å². The number of benzene rings is 2. The van der Waals surface area contributed by atoms with Crippen LogP contribution in [0.15, 0.2) is 48.5 Å². The maximum Gasteiger partial charge on any atom is 0.494 e. The zero-order chi connectivity index (χ0) is 19.7. The van der Waals surface area contributed by atoms with Gasteiger partial charge in [0.15, 0.2) is 0 Å². The van der Waals surface area contributed by atoms with Crippen LogP contribution in [0.3, 0.4) is 0 Å². The number of amides is 1. The summed E-state index contributed by atoms with van der Waals surface area (Å²) in [6.45, 7) is 10.3. The zero-order valence-electron chi connectivity index (χ0n) is 16.5. The van der Waals surface area contributed by atoms with Crippen molar-refractivity contribution in [1.29, 1.82) is 0 Å². The summed E-state index contributed by atoms with van der Waals surface area (Å²) in [4.78, 5) is 12.0. The van der Waals surface area contributed by atoms with Gasteiger partial charge in [-0.25, -0.2) is 4.79 Å². The van der Waals surface area contributed by atoms with E-state index in [4.69, 9.17) is 14.0 Å². The molecule has 1 N–H and O–H groups in total. The van der Waals surface area contributed by atoms with Crippen LogP contribution in [0, 0.1) is 6.92 Å². The van der Waals surface area contributed by atoms with Crippen LogP contribution in [0.5, 0.6) is 0 Å². The number of ether oxygens (including phenoxy) is 1. The van der Waals surface area contributed by atoms with Crippen LogP contribution in [0.2, 0.25) is 0 Å². The average Bonchev–Trinajstić information content (AvgIpc) is 2.83. The lowest BCUT2D eigenvalue weighted by atomic mass is 9.79. The molecule has 2 aromatic carbocycles. The van der Waals surface area contributed by atoms with Gasteiger partial charge in [-0.1, -0.05) is 42.0 Å². The van der Waals surface area contributed by atoms with Gasteiger partial charge in [0.25, 0.3) is 0 Å². The molecule has 6 heteroatoms. The molecule has 27 heavy (non-hydrogen) atoms. The standard InChI is InChI=1S/C21H26BNO4/c1-15-6-8-16(9-7-15)14-25-19(24)23-18-12-10-17(11-13-18)22-26-20(2,3)21(4,5)27-22/h6-13H,14H2,1-5H3,(H,23,24). The van der Waals surface area contributed by atoms with E-state index in [9.17, 15) is 4.79 Å². The first-order chi connectivity index (χ1) is 12.7. The van der Waals surface area contributed by atoms with Crippen molar-refractivity contribution in [2.45, 2.75) is 52.4 Å². The van der Waals surface area contributed by atoms with E-state index in [-0.39, 0.29) is 17.8 Å². The molecule has 1 saturated heterocycles. The summed E-state index contributed by atoms with van der Waals surface area (Å²) in [6, 6.07) is 15.3. The number of carbonyl (C=O) groups is 1. The summed E-state index contributed by atoms with van der Waals surface area (Å²) in [5, 5.41) is 2.73. The maximum atomic E-state index is 12.0. The highest BCUT2D eigenvalue weighted by molar-refractivity contribution is 6.62. The Morgan fingerprint density at radius 1 is 0.963 bits per heavy atom. The summed E-state index contributed by atoms with van der Waals surface area (Å²) in [7, 11) is -0.419. The van der Waals surface area contributed by atoms with Crippen LogP contribution in [-0.4, -0.2) is 24.4 Å². The fourth-order valence-electron chi connectivity index (χ4n) is 2.69. The third-order valence-corrected chi connectivity index (χ3v) is 5.17. The molecule has 5 nitrogen and oxygen atoms in total. The van der Waals surface area contributed by atoms with E-state index in [0.717, 1.165) is 11.0 Å². The molecule has 1 amide bonds. The number of hydrogen-bond acceptors (Lipinski definition) is 4. The Morgan fingerprint density at radius 3 is 2.07 bits per heavy atom. The number of hydrogen-bond donors (Lipinski definition) is 1. The second kappa shape index (κ2) is 7.37. The van der Waals surface area contributed by atoms with Crippen molar-refractivity contribution in [3.63, 3.8) is 0 Å². The molecular weight excluding hydrogens is 341 g/mol. The molecule has 3 rings (SSSR count). The van der Waals surface area contributed by atoms with Crippen LogP contribution < -0.4 is 10.8 Å². The molecule has 2 aromatic rings. The Morgan fingerprint density at radius 2 is 1.52 bits per heavy atom. The predicted octanol–water partition coefficient (Wildman–Crippen LogP) is 4.04. The molecule has 0 aromatic heterocycles. The first kappa shape index (κ1) is 19.5. The van der Waals surface area contributed by atoms with Gasteiger partial charge in [-0.15, -0.1) is 0 Å². The monoisotopic (exact) mass is 367 g/mol. The minimum absolute atomic E-state index is 0.234. The van der Waals surface area contributed by atoms with Crippen LogP contribution in [-0.2, 0) is 20.7 Å². The SMILES string of the molecule is Cc1ccc(COC(=O)Nc2ccc(B3OC(C)(C)C(C)(C)O3)cc2)cc1. The molecule has 1 heterocycles. The van der Waals surface area contributed by atoms with E-state index in [1.807, 2.05) is 83.1 Å². The van der Waals surface area contributed by atoms with E-state index in [1.165, 1.54) is 5.56 Å². The van der Waals surface area contributed by atoms with Gasteiger partial charge in [0.2, 0.25) is 0 Å². The number of nitrogens with one attached hydrogen (secondary N) is 1. The Labute approximate surface area is 161 Å². The van der Waals surface area contributed by atoms with Gasteiger partial charge in [-0.05, 0) is 57.8 Å². The highest BCUT2D eigenvalue weighted by Gasteiger charge is 2.51. The van der Waals surface area contributed by atoms with Gasteiger partial charge < -0.3 is 14.0 Å². The summed E-state index contributed by atoms with van der Waals surface area (Å²) in [5.74, 6) is 0. The number of anilines is 1. The molecule has 1 aliphatic rings. The van der Waals surface area contributed by atoms with E-state index >= 15 is 0 Å². The highest BCUT2D eigenvalue weighted by atomic mass is 16.7. The van der Waals surface area contributed by atoms with E-state index in [0.29, 0.717) is 5.69 Å². The lowest BCUT2D eigenvalue weighted by Gasteiger charge is -2.32. The Bertz CT molecular complexity index is 784. The average molecular weight is 367 g/mol. The number of carbonyl (C=O) groups excluding carboxylic acids is 1. The molecule has 0 spiro atoms. The Hall–Kier alpha value is -2.31. The smallest absolute Gasteiger partial charge is 0.444 e. The zero-order valence-corrected chi connectivity index (χ0v) is 16.5. The topological polar surface area (TPSA) is 56.8 Å². The fraction of sp³-hybridized carbons (Fsp3) is 0.381. The van der Waals surface area contributed by atoms with Gasteiger partial charge in [0, 0.05) is 5.69 Å². The van der Waals surface area contributed by atoms with Gasteiger partial charge in [-0.2, -0.15) is 0 Å². The van der Waals surface area contributed by atoms with Crippen molar-refractivity contribution in [1.82, 2.24) is 0 Å². The minimum Gasteiger partial charge on any atom is -0.444 e. The lowest BCUT2D eigenvalue weighted by Crippen LogP contribution is -2.41. The molecule has 0 atom stereocenters. The van der Waals surface area contributed by atoms with Crippen molar-refractivity contribution >= 4 is 24.4 Å². The molecular formula is C21H26BNO4. The van der Waals surface area contributed by atoms with Gasteiger partial charge >= 0.3 is 13.2 Å². The maximum absolute atomic E-state index is 12.0. The van der Waals surface area contributed by atoms with E-state index < -0.39 is 13.2 Å². The minimum atomic E-state index is -0.487. The molecule has 0 radical (unpaired) electrons. The molecule has 0 aliphatic carbocycles. The van der Waals surface area contributed by atoms with Gasteiger partial charge in [-0.3, -0.25) is 5.32 Å². The molecule has 0 saturated carbocycles. The second-order valence-corrected chi connectivity index (χ2v) is 7.90. The fourth-order valence-corrected chi connectivity index (χ4v) is 2.69. The van der Waals surface area contributed by atoms with E-state index in [2.05, 4.69) is 5.32 Å². The normalized spacial score (nSPS) is 17.6. The van der Waals surface area contributed by atoms with Crippen LogP contribution >= 0.6 is 0 Å². The predicted molar refractivity (Wildman–Crippen MR) is 107 cm³/mol. The van der Waals surface area contributed by atoms with Gasteiger partial charge in [0.1, 0.15) is 6.61 Å². The number of rotatable bonds is 4. The summed E-state index contributed by atoms with van der Waals surface area (Å²) < 4.78 is 17.3. The summed E-state index contributed by atoms with van der Waals surface area (Å²) in [5.41, 5.74) is 2.93. The molecule has 0 bridgehead atoms. The van der Waals surface area contributed by atoms with Crippen molar-refractivity contribution < 1.29 is 18.8 Å². The first-order valence-corrected chi connectivity index (χ1v) is 9.11. The van der Waals surface area contributed by atoms with Crippen molar-refractivity contribution in [2.75, 3.05) is 5.32 Å².